The van der Waals surface area contributed by atoms with Gasteiger partial charge in [-0.05, 0) is 26.8 Å². The van der Waals surface area contributed by atoms with Crippen LogP contribution in [0.1, 0.15) is 20.8 Å². The van der Waals surface area contributed by atoms with Crippen molar-refractivity contribution in [2.45, 2.75) is 32.5 Å². The predicted molar refractivity (Wildman–Crippen MR) is 53.5 cm³/mol. The highest BCUT2D eigenvalue weighted by atomic mass is 16.5. The van der Waals surface area contributed by atoms with Crippen molar-refractivity contribution in [3.05, 3.63) is 12.2 Å². The molecule has 1 unspecified atom stereocenters. The van der Waals surface area contributed by atoms with E-state index in [1.165, 1.54) is 17.9 Å². The van der Waals surface area contributed by atoms with E-state index in [-0.39, 0.29) is 18.4 Å². The maximum absolute atomic E-state index is 11.0. The highest BCUT2D eigenvalue weighted by Crippen LogP contribution is 2.27. The quantitative estimate of drug-likeness (QED) is 0.701. The molecular weight excluding hydrogens is 198 g/mol. The first-order chi connectivity index (χ1) is 6.84. The van der Waals surface area contributed by atoms with Gasteiger partial charge in [-0.2, -0.15) is 0 Å². The Morgan fingerprint density at radius 3 is 2.60 bits per heavy atom. The molecule has 15 heavy (non-hydrogen) atoms. The van der Waals surface area contributed by atoms with Gasteiger partial charge in [0.05, 0.1) is 12.6 Å². The third-order valence-corrected chi connectivity index (χ3v) is 2.28. The molecule has 1 aliphatic rings. The molecule has 1 saturated heterocycles. The number of carbonyl (C=O) groups excluding carboxylic acids is 1. The molecule has 0 spiro atoms. The second kappa shape index (κ2) is 4.02. The monoisotopic (exact) mass is 213 g/mol. The highest BCUT2D eigenvalue weighted by molar-refractivity contribution is 5.87. The Morgan fingerprint density at radius 2 is 2.13 bits per heavy atom. The smallest absolute Gasteiger partial charge is 0.410 e. The number of allylic oxidation sites excluding steroid dienone is 1. The summed E-state index contributed by atoms with van der Waals surface area (Å²) in [4.78, 5) is 22.9. The first-order valence-corrected chi connectivity index (χ1v) is 4.69. The molecule has 1 rings (SSSR count). The number of carboxylic acid groups (broad SMARTS) is 1. The van der Waals surface area contributed by atoms with E-state index >= 15 is 0 Å². The molecular formula is C10H15NO4. The van der Waals surface area contributed by atoms with Crippen LogP contribution in [0.3, 0.4) is 0 Å². The number of nitrogens with zero attached hydrogens (tertiary/aromatic N) is 1. The Kier molecular flexibility index (Phi) is 3.14. The third kappa shape index (κ3) is 2.56. The lowest BCUT2D eigenvalue weighted by molar-refractivity contribution is -0.112. The zero-order valence-corrected chi connectivity index (χ0v) is 9.06. The molecule has 0 aromatic rings. The lowest BCUT2D eigenvalue weighted by Gasteiger charge is -2.29. The van der Waals surface area contributed by atoms with Gasteiger partial charge in [0.2, 0.25) is 0 Å². The van der Waals surface area contributed by atoms with Crippen molar-refractivity contribution in [2.24, 2.45) is 0 Å². The zero-order chi connectivity index (χ0) is 11.6. The summed E-state index contributed by atoms with van der Waals surface area (Å²) in [5, 5.41) is 9.01. The van der Waals surface area contributed by atoms with Crippen molar-refractivity contribution >= 4 is 11.9 Å². The van der Waals surface area contributed by atoms with Crippen LogP contribution in [0.25, 0.3) is 0 Å². The van der Waals surface area contributed by atoms with Crippen LogP contribution in [0.2, 0.25) is 0 Å². The van der Waals surface area contributed by atoms with Crippen LogP contribution in [0.15, 0.2) is 12.2 Å². The van der Waals surface area contributed by atoms with Crippen LogP contribution in [-0.4, -0.2) is 40.3 Å². The normalized spacial score (nSPS) is 24.7. The van der Waals surface area contributed by atoms with Crippen LogP contribution in [0.4, 0.5) is 4.79 Å². The summed E-state index contributed by atoms with van der Waals surface area (Å²) in [7, 11) is 0. The van der Waals surface area contributed by atoms with E-state index in [4.69, 9.17) is 9.84 Å². The van der Waals surface area contributed by atoms with E-state index in [0.717, 1.165) is 0 Å². The summed E-state index contributed by atoms with van der Waals surface area (Å²) in [6.07, 6.45) is 1.88. The Hall–Kier alpha value is -1.36. The van der Waals surface area contributed by atoms with Crippen molar-refractivity contribution in [3.63, 3.8) is 0 Å². The van der Waals surface area contributed by atoms with Crippen molar-refractivity contribution in [1.82, 2.24) is 4.90 Å². The average Bonchev–Trinajstić information content (AvgIpc) is 2.37. The van der Waals surface area contributed by atoms with E-state index in [1.807, 2.05) is 0 Å². The Bertz CT molecular complexity index is 309. The standard InChI is InChI=1S/C10H15NO4/c1-7(12)4-5-8-6-15-10(2,3)11(8)9(13)14/h4-5,8H,6H2,1-3H3,(H,13,14). The van der Waals surface area contributed by atoms with Gasteiger partial charge in [-0.1, -0.05) is 6.08 Å². The Morgan fingerprint density at radius 1 is 1.53 bits per heavy atom. The van der Waals surface area contributed by atoms with Crippen LogP contribution in [0, 0.1) is 0 Å². The van der Waals surface area contributed by atoms with E-state index in [2.05, 4.69) is 0 Å². The van der Waals surface area contributed by atoms with Crippen LogP contribution >= 0.6 is 0 Å². The van der Waals surface area contributed by atoms with Crippen molar-refractivity contribution in [2.75, 3.05) is 6.61 Å². The molecule has 1 N–H and O–H groups in total. The number of hydrogen-bond acceptors (Lipinski definition) is 3. The summed E-state index contributed by atoms with van der Waals surface area (Å²) in [5.41, 5.74) is -0.836. The fraction of sp³-hybridized carbons (Fsp3) is 0.600. The molecule has 0 aromatic carbocycles. The van der Waals surface area contributed by atoms with Gasteiger partial charge in [-0.15, -0.1) is 0 Å². The fourth-order valence-electron chi connectivity index (χ4n) is 1.59. The second-order valence-corrected chi connectivity index (χ2v) is 3.95. The molecule has 0 saturated carbocycles. The first-order valence-electron chi connectivity index (χ1n) is 4.69. The largest absolute Gasteiger partial charge is 0.465 e. The summed E-state index contributed by atoms with van der Waals surface area (Å²) in [6, 6.07) is -0.388. The summed E-state index contributed by atoms with van der Waals surface area (Å²) >= 11 is 0. The lowest BCUT2D eigenvalue weighted by atomic mass is 10.2. The number of rotatable bonds is 2. The topological polar surface area (TPSA) is 66.8 Å². The molecule has 5 nitrogen and oxygen atoms in total. The van der Waals surface area contributed by atoms with Gasteiger partial charge in [0.15, 0.2) is 5.78 Å². The average molecular weight is 213 g/mol. The van der Waals surface area contributed by atoms with Crippen molar-refractivity contribution in [1.29, 1.82) is 0 Å². The van der Waals surface area contributed by atoms with Gasteiger partial charge < -0.3 is 9.84 Å². The minimum Gasteiger partial charge on any atom is -0.465 e. The molecule has 0 radical (unpaired) electrons. The lowest BCUT2D eigenvalue weighted by Crippen LogP contribution is -2.46. The molecule has 1 heterocycles. The van der Waals surface area contributed by atoms with E-state index in [1.54, 1.807) is 19.9 Å². The molecule has 1 fully saturated rings. The van der Waals surface area contributed by atoms with Gasteiger partial charge in [-0.25, -0.2) is 4.79 Å². The number of amides is 1. The first kappa shape index (κ1) is 11.7. The second-order valence-electron chi connectivity index (χ2n) is 3.95. The van der Waals surface area contributed by atoms with Gasteiger partial charge >= 0.3 is 6.09 Å². The summed E-state index contributed by atoms with van der Waals surface area (Å²) < 4.78 is 5.34. The third-order valence-electron chi connectivity index (χ3n) is 2.28. The Labute approximate surface area is 88.3 Å². The summed E-state index contributed by atoms with van der Waals surface area (Å²) in [6.45, 7) is 5.07. The molecule has 1 amide bonds. The van der Waals surface area contributed by atoms with Crippen LogP contribution < -0.4 is 0 Å². The molecule has 5 heteroatoms. The molecule has 84 valence electrons. The number of ketones is 1. The van der Waals surface area contributed by atoms with Crippen molar-refractivity contribution in [3.8, 4) is 0 Å². The minimum atomic E-state index is -1.05. The maximum Gasteiger partial charge on any atom is 0.410 e. The zero-order valence-electron chi connectivity index (χ0n) is 9.06. The van der Waals surface area contributed by atoms with Crippen LogP contribution in [0.5, 0.6) is 0 Å². The predicted octanol–water partition coefficient (Wildman–Crippen LogP) is 1.25. The van der Waals surface area contributed by atoms with Crippen LogP contribution in [-0.2, 0) is 9.53 Å². The van der Waals surface area contributed by atoms with Gasteiger partial charge in [0.25, 0.3) is 0 Å². The Balaban J connectivity index is 2.83. The molecule has 1 aliphatic heterocycles. The number of carbonyl (C=O) groups is 2. The minimum absolute atomic E-state index is 0.106. The van der Waals surface area contributed by atoms with E-state index in [0.29, 0.717) is 0 Å². The fourth-order valence-corrected chi connectivity index (χ4v) is 1.59. The summed E-state index contributed by atoms with van der Waals surface area (Å²) in [5.74, 6) is -0.106. The number of hydrogen-bond donors (Lipinski definition) is 1. The highest BCUT2D eigenvalue weighted by Gasteiger charge is 2.42. The van der Waals surface area contributed by atoms with Gasteiger partial charge in [0, 0.05) is 0 Å². The van der Waals surface area contributed by atoms with Gasteiger partial charge in [-0.3, -0.25) is 9.69 Å². The van der Waals surface area contributed by atoms with E-state index in [9.17, 15) is 9.59 Å². The molecule has 0 aromatic heterocycles. The number of ether oxygens (including phenoxy) is 1. The van der Waals surface area contributed by atoms with Gasteiger partial charge in [0.1, 0.15) is 5.72 Å². The molecule has 0 bridgehead atoms. The van der Waals surface area contributed by atoms with Crippen molar-refractivity contribution < 1.29 is 19.4 Å². The van der Waals surface area contributed by atoms with E-state index < -0.39 is 11.8 Å². The molecule has 1 atom stereocenters. The maximum atomic E-state index is 11.0. The molecule has 0 aliphatic carbocycles. The SMILES string of the molecule is CC(=O)C=CC1COC(C)(C)N1C(=O)O.